The van der Waals surface area contributed by atoms with Gasteiger partial charge in [-0.1, -0.05) is 48.0 Å². The first-order chi connectivity index (χ1) is 11.7. The lowest BCUT2D eigenvalue weighted by Crippen LogP contribution is -2.38. The smallest absolute Gasteiger partial charge is 0.191 e. The van der Waals surface area contributed by atoms with Crippen LogP contribution in [0.15, 0.2) is 53.7 Å². The van der Waals surface area contributed by atoms with E-state index in [1.54, 1.807) is 12.3 Å². The van der Waals surface area contributed by atoms with Crippen molar-refractivity contribution < 1.29 is 5.11 Å². The first-order valence-corrected chi connectivity index (χ1v) is 8.42. The number of guanidine groups is 1. The molecule has 2 aromatic rings. The van der Waals surface area contributed by atoms with E-state index in [2.05, 4.69) is 20.6 Å². The molecule has 0 radical (unpaired) electrons. The van der Waals surface area contributed by atoms with Crippen molar-refractivity contribution in [2.24, 2.45) is 4.99 Å². The van der Waals surface area contributed by atoms with Crippen molar-refractivity contribution in [1.29, 1.82) is 0 Å². The highest BCUT2D eigenvalue weighted by Gasteiger charge is 2.07. The second-order valence-corrected chi connectivity index (χ2v) is 5.71. The van der Waals surface area contributed by atoms with Crippen LogP contribution in [0.1, 0.15) is 30.6 Å². The topological polar surface area (TPSA) is 69.5 Å². The molecule has 1 unspecified atom stereocenters. The summed E-state index contributed by atoms with van der Waals surface area (Å²) in [6.45, 7) is 3.92. The number of nitrogens with zero attached hydrogens (tertiary/aromatic N) is 2. The van der Waals surface area contributed by atoms with Crippen molar-refractivity contribution in [2.75, 3.05) is 13.1 Å². The maximum atomic E-state index is 10.2. The Morgan fingerprint density at radius 2 is 1.96 bits per heavy atom. The predicted octanol–water partition coefficient (Wildman–Crippen LogP) is 3.53. The van der Waals surface area contributed by atoms with Gasteiger partial charge in [-0.25, -0.2) is 9.98 Å². The number of nitrogens with one attached hydrogen (secondary N) is 2. The lowest BCUT2D eigenvalue weighted by Gasteiger charge is -2.14. The number of aliphatic hydroxyl groups excluding tert-OH is 1. The Labute approximate surface area is 170 Å². The van der Waals surface area contributed by atoms with Crippen LogP contribution in [0.25, 0.3) is 0 Å². The van der Waals surface area contributed by atoms with E-state index in [9.17, 15) is 5.11 Å². The third-order valence-corrected chi connectivity index (χ3v) is 3.67. The minimum atomic E-state index is -0.484. The van der Waals surface area contributed by atoms with Gasteiger partial charge in [-0.15, -0.1) is 24.0 Å². The largest absolute Gasteiger partial charge is 0.388 e. The zero-order valence-corrected chi connectivity index (χ0v) is 17.2. The first-order valence-electron chi connectivity index (χ1n) is 8.04. The van der Waals surface area contributed by atoms with E-state index in [-0.39, 0.29) is 24.0 Å². The summed E-state index contributed by atoms with van der Waals surface area (Å²) in [5.74, 6) is 0.715. The van der Waals surface area contributed by atoms with Crippen LogP contribution in [0.4, 0.5) is 0 Å². The second-order valence-electron chi connectivity index (χ2n) is 5.33. The zero-order chi connectivity index (χ0) is 17.2. The van der Waals surface area contributed by atoms with Gasteiger partial charge in [0.15, 0.2) is 5.96 Å². The maximum absolute atomic E-state index is 10.2. The van der Waals surface area contributed by atoms with Crippen LogP contribution in [-0.4, -0.2) is 29.1 Å². The maximum Gasteiger partial charge on any atom is 0.191 e. The summed E-state index contributed by atoms with van der Waals surface area (Å²) in [5, 5.41) is 17.1. The molecule has 0 saturated heterocycles. The van der Waals surface area contributed by atoms with E-state index in [1.807, 2.05) is 43.3 Å². The van der Waals surface area contributed by atoms with Crippen molar-refractivity contribution in [3.63, 3.8) is 0 Å². The van der Waals surface area contributed by atoms with Crippen molar-refractivity contribution in [1.82, 2.24) is 15.6 Å². The summed E-state index contributed by atoms with van der Waals surface area (Å²) >= 11 is 5.78. The lowest BCUT2D eigenvalue weighted by atomic mass is 10.1. The Morgan fingerprint density at radius 1 is 1.20 bits per heavy atom. The minimum absolute atomic E-state index is 0. The molecular weight excluding hydrogens is 451 g/mol. The van der Waals surface area contributed by atoms with E-state index >= 15 is 0 Å². The molecule has 1 heterocycles. The molecule has 3 N–H and O–H groups in total. The fourth-order valence-electron chi connectivity index (χ4n) is 2.18. The van der Waals surface area contributed by atoms with Gasteiger partial charge in [0.05, 0.1) is 12.6 Å². The lowest BCUT2D eigenvalue weighted by molar-refractivity contribution is 0.168. The molecule has 0 spiro atoms. The summed E-state index contributed by atoms with van der Waals surface area (Å²) in [7, 11) is 0. The third kappa shape index (κ3) is 8.02. The summed E-state index contributed by atoms with van der Waals surface area (Å²) < 4.78 is 0. The van der Waals surface area contributed by atoms with Gasteiger partial charge in [0.1, 0.15) is 5.15 Å². The van der Waals surface area contributed by atoms with Gasteiger partial charge < -0.3 is 15.7 Å². The van der Waals surface area contributed by atoms with Gasteiger partial charge in [0, 0.05) is 19.3 Å². The second kappa shape index (κ2) is 12.1. The van der Waals surface area contributed by atoms with Crippen molar-refractivity contribution >= 4 is 41.5 Å². The molecule has 0 saturated carbocycles. The van der Waals surface area contributed by atoms with E-state index in [0.29, 0.717) is 30.6 Å². The molecule has 0 aliphatic rings. The molecule has 136 valence electrons. The summed E-state index contributed by atoms with van der Waals surface area (Å²) in [5.41, 5.74) is 1.91. The first kappa shape index (κ1) is 21.7. The molecule has 0 aliphatic carbocycles. The molecule has 7 heteroatoms. The van der Waals surface area contributed by atoms with E-state index < -0.39 is 6.10 Å². The molecular formula is C18H24ClIN4O. The van der Waals surface area contributed by atoms with Crippen LogP contribution in [0.5, 0.6) is 0 Å². The van der Waals surface area contributed by atoms with Crippen molar-refractivity contribution in [3.05, 3.63) is 64.9 Å². The van der Waals surface area contributed by atoms with Gasteiger partial charge in [0.25, 0.3) is 0 Å². The standard InChI is InChI=1S/C18H23ClN4O.HI/c1-2-20-18(23-13-14-8-9-17(19)22-12-14)21-11-10-16(24)15-6-4-3-5-7-15;/h3-9,12,16,24H,2,10-11,13H2,1H3,(H2,20,21,23);1H. The number of benzene rings is 1. The molecule has 5 nitrogen and oxygen atoms in total. The average molecular weight is 475 g/mol. The summed E-state index contributed by atoms with van der Waals surface area (Å²) in [4.78, 5) is 8.56. The van der Waals surface area contributed by atoms with Crippen LogP contribution in [0.3, 0.4) is 0 Å². The Morgan fingerprint density at radius 3 is 2.60 bits per heavy atom. The number of hydrogen-bond acceptors (Lipinski definition) is 3. The zero-order valence-electron chi connectivity index (χ0n) is 14.2. The Balaban J connectivity index is 0.00000312. The van der Waals surface area contributed by atoms with Crippen LogP contribution < -0.4 is 10.6 Å². The Kier molecular flexibility index (Phi) is 10.4. The molecule has 0 fully saturated rings. The highest BCUT2D eigenvalue weighted by atomic mass is 127. The number of aliphatic imine (C=N–C) groups is 1. The Hall–Kier alpha value is -1.38. The number of aliphatic hydroxyl groups is 1. The van der Waals surface area contributed by atoms with Crippen LogP contribution in [0, 0.1) is 0 Å². The molecule has 2 rings (SSSR count). The number of aromatic nitrogens is 1. The molecule has 1 aromatic carbocycles. The van der Waals surface area contributed by atoms with Gasteiger partial charge in [0.2, 0.25) is 0 Å². The van der Waals surface area contributed by atoms with Crippen LogP contribution >= 0.6 is 35.6 Å². The molecule has 0 bridgehead atoms. The number of rotatable bonds is 7. The number of halogens is 2. The molecule has 0 aliphatic heterocycles. The van der Waals surface area contributed by atoms with Crippen LogP contribution in [-0.2, 0) is 6.54 Å². The molecule has 1 atom stereocenters. The van der Waals surface area contributed by atoms with E-state index in [1.165, 1.54) is 0 Å². The van der Waals surface area contributed by atoms with E-state index in [4.69, 9.17) is 11.6 Å². The fourth-order valence-corrected chi connectivity index (χ4v) is 2.29. The molecule has 1 aromatic heterocycles. The van der Waals surface area contributed by atoms with Gasteiger partial charge in [-0.2, -0.15) is 0 Å². The fraction of sp³-hybridized carbons (Fsp3) is 0.333. The molecule has 25 heavy (non-hydrogen) atoms. The van der Waals surface area contributed by atoms with Gasteiger partial charge in [-0.3, -0.25) is 0 Å². The monoisotopic (exact) mass is 474 g/mol. The van der Waals surface area contributed by atoms with Gasteiger partial charge in [-0.05, 0) is 30.5 Å². The average Bonchev–Trinajstić information content (AvgIpc) is 2.61. The SMILES string of the molecule is CCNC(=NCc1ccc(Cl)nc1)NCCC(O)c1ccccc1.I. The highest BCUT2D eigenvalue weighted by molar-refractivity contribution is 14.0. The highest BCUT2D eigenvalue weighted by Crippen LogP contribution is 2.14. The van der Waals surface area contributed by atoms with Crippen molar-refractivity contribution in [3.8, 4) is 0 Å². The van der Waals surface area contributed by atoms with Crippen LogP contribution in [0.2, 0.25) is 5.15 Å². The van der Waals surface area contributed by atoms with Gasteiger partial charge >= 0.3 is 0 Å². The minimum Gasteiger partial charge on any atom is -0.388 e. The summed E-state index contributed by atoms with van der Waals surface area (Å²) in [6.07, 6.45) is 1.84. The third-order valence-electron chi connectivity index (χ3n) is 3.45. The number of hydrogen-bond donors (Lipinski definition) is 3. The summed E-state index contributed by atoms with van der Waals surface area (Å²) in [6, 6.07) is 13.3. The predicted molar refractivity (Wildman–Crippen MR) is 113 cm³/mol. The normalized spacial score (nSPS) is 12.2. The molecule has 0 amide bonds. The number of pyridine rings is 1. The van der Waals surface area contributed by atoms with Crippen molar-refractivity contribution in [2.45, 2.75) is 26.0 Å². The quantitative estimate of drug-likeness (QED) is 0.248. The Bertz CT molecular complexity index is 637. The van der Waals surface area contributed by atoms with E-state index in [0.717, 1.165) is 17.7 Å².